The molecule has 0 radical (unpaired) electrons. The molecule has 1 aliphatic rings. The van der Waals surface area contributed by atoms with Crippen LogP contribution < -0.4 is 11.3 Å². The number of anilines is 1. The van der Waals surface area contributed by atoms with E-state index >= 15 is 0 Å². The molecule has 3 rings (SSSR count). The van der Waals surface area contributed by atoms with E-state index in [1.54, 1.807) is 24.4 Å². The second kappa shape index (κ2) is 5.26. The van der Waals surface area contributed by atoms with E-state index < -0.39 is 10.0 Å². The van der Waals surface area contributed by atoms with Gasteiger partial charge in [0.2, 0.25) is 5.03 Å². The fourth-order valence-electron chi connectivity index (χ4n) is 2.49. The SMILES string of the molecule is CC1COCCN1S(=O)(=O)c1c(NN)nc2ccccn12. The van der Waals surface area contributed by atoms with Gasteiger partial charge < -0.3 is 10.2 Å². The molecule has 9 heteroatoms. The van der Waals surface area contributed by atoms with Crippen molar-refractivity contribution in [1.29, 1.82) is 0 Å². The number of sulfonamides is 1. The molecule has 1 unspecified atom stereocenters. The molecule has 0 aliphatic carbocycles. The number of nitrogens with one attached hydrogen (secondary N) is 1. The fourth-order valence-corrected chi connectivity index (χ4v) is 4.32. The van der Waals surface area contributed by atoms with Crippen LogP contribution >= 0.6 is 0 Å². The third-order valence-corrected chi connectivity index (χ3v) is 5.52. The molecule has 2 aromatic rings. The molecule has 0 bridgehead atoms. The van der Waals surface area contributed by atoms with Crippen molar-refractivity contribution >= 4 is 21.5 Å². The smallest absolute Gasteiger partial charge is 0.263 e. The summed E-state index contributed by atoms with van der Waals surface area (Å²) in [7, 11) is -3.73. The average Bonchev–Trinajstić information content (AvgIpc) is 2.86. The average molecular weight is 311 g/mol. The summed E-state index contributed by atoms with van der Waals surface area (Å²) in [4.78, 5) is 4.21. The predicted octanol–water partition coefficient (Wildman–Crippen LogP) is 0.0293. The van der Waals surface area contributed by atoms with E-state index in [0.29, 0.717) is 25.4 Å². The summed E-state index contributed by atoms with van der Waals surface area (Å²) in [6.07, 6.45) is 1.65. The second-order valence-electron chi connectivity index (χ2n) is 4.88. The summed E-state index contributed by atoms with van der Waals surface area (Å²) in [5, 5.41) is 0.0503. The molecule has 21 heavy (non-hydrogen) atoms. The first kappa shape index (κ1) is 14.3. The van der Waals surface area contributed by atoms with Crippen molar-refractivity contribution in [2.45, 2.75) is 18.0 Å². The van der Waals surface area contributed by atoms with Crippen LogP contribution in [0.15, 0.2) is 29.4 Å². The Morgan fingerprint density at radius 2 is 2.29 bits per heavy atom. The van der Waals surface area contributed by atoms with Crippen molar-refractivity contribution in [3.05, 3.63) is 24.4 Å². The summed E-state index contributed by atoms with van der Waals surface area (Å²) in [6.45, 7) is 2.89. The van der Waals surface area contributed by atoms with Crippen molar-refractivity contribution in [3.63, 3.8) is 0 Å². The summed E-state index contributed by atoms with van der Waals surface area (Å²) in [5.41, 5.74) is 2.89. The van der Waals surface area contributed by atoms with Gasteiger partial charge >= 0.3 is 0 Å². The minimum atomic E-state index is -3.73. The van der Waals surface area contributed by atoms with Gasteiger partial charge in [0, 0.05) is 18.8 Å². The number of pyridine rings is 1. The molecule has 0 amide bonds. The van der Waals surface area contributed by atoms with Gasteiger partial charge in [-0.3, -0.25) is 4.40 Å². The zero-order valence-corrected chi connectivity index (χ0v) is 12.4. The van der Waals surface area contributed by atoms with Crippen LogP contribution in [0.3, 0.4) is 0 Å². The Kier molecular flexibility index (Phi) is 3.57. The maximum atomic E-state index is 13.0. The van der Waals surface area contributed by atoms with E-state index in [1.165, 1.54) is 8.71 Å². The van der Waals surface area contributed by atoms with Crippen LogP contribution in [0.4, 0.5) is 5.82 Å². The number of hydrazine groups is 1. The Morgan fingerprint density at radius 1 is 1.48 bits per heavy atom. The number of hydrogen-bond acceptors (Lipinski definition) is 6. The third-order valence-electron chi connectivity index (χ3n) is 3.48. The Morgan fingerprint density at radius 3 is 3.00 bits per heavy atom. The lowest BCUT2D eigenvalue weighted by Crippen LogP contribution is -2.47. The van der Waals surface area contributed by atoms with Crippen molar-refractivity contribution in [1.82, 2.24) is 13.7 Å². The molecule has 2 aromatic heterocycles. The number of nitrogen functional groups attached to an aromatic ring is 1. The van der Waals surface area contributed by atoms with Gasteiger partial charge in [-0.05, 0) is 19.1 Å². The standard InChI is InChI=1S/C12H17N5O3S/c1-9-8-20-7-6-17(9)21(18,19)12-11(15-13)14-10-4-2-3-5-16(10)12/h2-5,9,15H,6-8,13H2,1H3. The van der Waals surface area contributed by atoms with Gasteiger partial charge in [0.05, 0.1) is 13.2 Å². The lowest BCUT2D eigenvalue weighted by Gasteiger charge is -2.32. The molecular formula is C12H17N5O3S. The Balaban J connectivity index is 2.18. The number of aromatic nitrogens is 2. The quantitative estimate of drug-likeness (QED) is 0.612. The highest BCUT2D eigenvalue weighted by Crippen LogP contribution is 2.27. The number of rotatable bonds is 3. The number of hydrogen-bond donors (Lipinski definition) is 2. The zero-order valence-electron chi connectivity index (χ0n) is 11.6. The number of ether oxygens (including phenoxy) is 1. The lowest BCUT2D eigenvalue weighted by molar-refractivity contribution is 0.0391. The van der Waals surface area contributed by atoms with E-state index in [2.05, 4.69) is 10.4 Å². The monoisotopic (exact) mass is 311 g/mol. The highest BCUT2D eigenvalue weighted by Gasteiger charge is 2.36. The minimum absolute atomic E-state index is 0.0503. The number of nitrogens with two attached hydrogens (primary N) is 1. The van der Waals surface area contributed by atoms with Gasteiger partial charge in [0.25, 0.3) is 10.0 Å². The normalized spacial score (nSPS) is 20.8. The van der Waals surface area contributed by atoms with E-state index in [-0.39, 0.29) is 16.9 Å². The van der Waals surface area contributed by atoms with Crippen molar-refractivity contribution in [3.8, 4) is 0 Å². The van der Waals surface area contributed by atoms with Crippen LogP contribution in [0.25, 0.3) is 5.65 Å². The molecule has 8 nitrogen and oxygen atoms in total. The Labute approximate surface area is 122 Å². The number of morpholine rings is 1. The summed E-state index contributed by atoms with van der Waals surface area (Å²) < 4.78 is 34.2. The van der Waals surface area contributed by atoms with Crippen molar-refractivity contribution < 1.29 is 13.2 Å². The molecule has 1 atom stereocenters. The number of fused-ring (bicyclic) bond motifs is 1. The maximum Gasteiger partial charge on any atom is 0.263 e. The summed E-state index contributed by atoms with van der Waals surface area (Å²) in [6, 6.07) is 5.03. The molecule has 3 N–H and O–H groups in total. The molecule has 3 heterocycles. The molecule has 114 valence electrons. The Bertz CT molecular complexity index is 757. The minimum Gasteiger partial charge on any atom is -0.378 e. The molecule has 1 aliphatic heterocycles. The van der Waals surface area contributed by atoms with Crippen LogP contribution in [-0.2, 0) is 14.8 Å². The summed E-state index contributed by atoms with van der Waals surface area (Å²) >= 11 is 0. The number of nitrogens with zero attached hydrogens (tertiary/aromatic N) is 3. The Hall–Kier alpha value is -1.68. The lowest BCUT2D eigenvalue weighted by atomic mass is 10.3. The summed E-state index contributed by atoms with van der Waals surface area (Å²) in [5.74, 6) is 5.58. The predicted molar refractivity (Wildman–Crippen MR) is 77.2 cm³/mol. The van der Waals surface area contributed by atoms with Crippen LogP contribution in [0, 0.1) is 0 Å². The van der Waals surface area contributed by atoms with Gasteiger partial charge in [-0.25, -0.2) is 19.2 Å². The molecule has 1 fully saturated rings. The molecule has 0 aromatic carbocycles. The molecule has 1 saturated heterocycles. The fraction of sp³-hybridized carbons (Fsp3) is 0.417. The van der Waals surface area contributed by atoms with Gasteiger partial charge in [-0.1, -0.05) is 6.07 Å². The largest absolute Gasteiger partial charge is 0.378 e. The van der Waals surface area contributed by atoms with Crippen molar-refractivity contribution in [2.75, 3.05) is 25.2 Å². The third kappa shape index (κ3) is 2.27. The van der Waals surface area contributed by atoms with E-state index in [1.807, 2.05) is 6.92 Å². The molecule has 0 saturated carbocycles. The van der Waals surface area contributed by atoms with Crippen LogP contribution in [-0.4, -0.2) is 47.9 Å². The first-order chi connectivity index (χ1) is 10.1. The van der Waals surface area contributed by atoms with Crippen LogP contribution in [0.5, 0.6) is 0 Å². The maximum absolute atomic E-state index is 13.0. The van der Waals surface area contributed by atoms with Gasteiger partial charge in [-0.15, -0.1) is 0 Å². The highest BCUT2D eigenvalue weighted by molar-refractivity contribution is 7.89. The van der Waals surface area contributed by atoms with Crippen LogP contribution in [0.1, 0.15) is 6.92 Å². The first-order valence-corrected chi connectivity index (χ1v) is 8.03. The zero-order chi connectivity index (χ0) is 15.0. The van der Waals surface area contributed by atoms with E-state index in [0.717, 1.165) is 0 Å². The number of imidazole rings is 1. The molecule has 0 spiro atoms. The van der Waals surface area contributed by atoms with E-state index in [9.17, 15) is 8.42 Å². The van der Waals surface area contributed by atoms with Gasteiger partial charge in [0.15, 0.2) is 5.82 Å². The highest BCUT2D eigenvalue weighted by atomic mass is 32.2. The topological polar surface area (TPSA) is 102 Å². The van der Waals surface area contributed by atoms with Crippen molar-refractivity contribution in [2.24, 2.45) is 5.84 Å². The van der Waals surface area contributed by atoms with Gasteiger partial charge in [0.1, 0.15) is 5.65 Å². The second-order valence-corrected chi connectivity index (χ2v) is 6.68. The van der Waals surface area contributed by atoms with E-state index in [4.69, 9.17) is 10.6 Å². The molecular weight excluding hydrogens is 294 g/mol. The van der Waals surface area contributed by atoms with Crippen LogP contribution in [0.2, 0.25) is 0 Å². The van der Waals surface area contributed by atoms with Gasteiger partial charge in [-0.2, -0.15) is 4.31 Å². The first-order valence-electron chi connectivity index (χ1n) is 6.59.